The standard InChI is InChI=1S/C11H14N4/c1-10-3-2-4-11(14-10)13-6-8-15-7-5-12-9-15/h2-5,7,9H,6,8H2,1H3,(H,13,14). The summed E-state index contributed by atoms with van der Waals surface area (Å²) < 4.78 is 2.03. The number of hydrogen-bond acceptors (Lipinski definition) is 3. The molecule has 2 aromatic heterocycles. The number of hydrogen-bond donors (Lipinski definition) is 1. The molecule has 0 bridgehead atoms. The highest BCUT2D eigenvalue weighted by atomic mass is 15.1. The summed E-state index contributed by atoms with van der Waals surface area (Å²) in [5.41, 5.74) is 1.03. The van der Waals surface area contributed by atoms with E-state index in [1.165, 1.54) is 0 Å². The average molecular weight is 202 g/mol. The lowest BCUT2D eigenvalue weighted by atomic mass is 10.4. The third-order valence-electron chi connectivity index (χ3n) is 2.12. The predicted molar refractivity (Wildman–Crippen MR) is 59.7 cm³/mol. The molecule has 0 fully saturated rings. The van der Waals surface area contributed by atoms with E-state index in [9.17, 15) is 0 Å². The van der Waals surface area contributed by atoms with Crippen LogP contribution in [0.25, 0.3) is 0 Å². The first kappa shape index (κ1) is 9.71. The molecule has 15 heavy (non-hydrogen) atoms. The van der Waals surface area contributed by atoms with Gasteiger partial charge in [-0.3, -0.25) is 0 Å². The van der Waals surface area contributed by atoms with Crippen molar-refractivity contribution in [3.8, 4) is 0 Å². The third kappa shape index (κ3) is 2.80. The number of nitrogens with zero attached hydrogens (tertiary/aromatic N) is 3. The molecule has 0 aromatic carbocycles. The molecule has 0 unspecified atom stereocenters. The number of pyridine rings is 1. The fourth-order valence-corrected chi connectivity index (χ4v) is 1.37. The van der Waals surface area contributed by atoms with E-state index in [-0.39, 0.29) is 0 Å². The van der Waals surface area contributed by atoms with Gasteiger partial charge in [0.05, 0.1) is 6.33 Å². The lowest BCUT2D eigenvalue weighted by molar-refractivity contribution is 0.725. The van der Waals surface area contributed by atoms with Crippen molar-refractivity contribution in [1.82, 2.24) is 14.5 Å². The summed E-state index contributed by atoms with van der Waals surface area (Å²) in [6, 6.07) is 5.96. The lowest BCUT2D eigenvalue weighted by Crippen LogP contribution is -2.10. The SMILES string of the molecule is Cc1cccc(NCCn2ccnc2)n1. The van der Waals surface area contributed by atoms with Crippen LogP contribution in [0.4, 0.5) is 5.82 Å². The third-order valence-corrected chi connectivity index (χ3v) is 2.12. The molecule has 78 valence electrons. The van der Waals surface area contributed by atoms with Crippen molar-refractivity contribution >= 4 is 5.82 Å². The molecule has 2 rings (SSSR count). The molecule has 0 atom stereocenters. The Morgan fingerprint density at radius 3 is 3.07 bits per heavy atom. The Morgan fingerprint density at radius 1 is 1.40 bits per heavy atom. The molecule has 0 aliphatic rings. The highest BCUT2D eigenvalue weighted by molar-refractivity contribution is 5.34. The first-order valence-corrected chi connectivity index (χ1v) is 4.98. The highest BCUT2D eigenvalue weighted by Crippen LogP contribution is 2.02. The average Bonchev–Trinajstić information content (AvgIpc) is 2.71. The minimum atomic E-state index is 0.854. The van der Waals surface area contributed by atoms with Crippen LogP contribution in [-0.4, -0.2) is 21.1 Å². The minimum Gasteiger partial charge on any atom is -0.368 e. The maximum absolute atomic E-state index is 4.36. The molecule has 0 saturated carbocycles. The van der Waals surface area contributed by atoms with E-state index < -0.39 is 0 Å². The normalized spacial score (nSPS) is 10.2. The van der Waals surface area contributed by atoms with Crippen molar-refractivity contribution in [2.24, 2.45) is 0 Å². The summed E-state index contributed by atoms with van der Waals surface area (Å²) in [7, 11) is 0. The fourth-order valence-electron chi connectivity index (χ4n) is 1.37. The maximum atomic E-state index is 4.36. The summed E-state index contributed by atoms with van der Waals surface area (Å²) >= 11 is 0. The zero-order chi connectivity index (χ0) is 10.5. The number of nitrogens with one attached hydrogen (secondary N) is 1. The van der Waals surface area contributed by atoms with Crippen LogP contribution in [0.2, 0.25) is 0 Å². The first-order chi connectivity index (χ1) is 7.34. The summed E-state index contributed by atoms with van der Waals surface area (Å²) in [5.74, 6) is 0.926. The van der Waals surface area contributed by atoms with E-state index in [2.05, 4.69) is 15.3 Å². The van der Waals surface area contributed by atoms with Crippen LogP contribution in [0.15, 0.2) is 36.9 Å². The molecule has 2 aromatic rings. The van der Waals surface area contributed by atoms with E-state index in [1.54, 1.807) is 6.20 Å². The van der Waals surface area contributed by atoms with Gasteiger partial charge >= 0.3 is 0 Å². The molecule has 0 radical (unpaired) electrons. The van der Waals surface area contributed by atoms with Crippen molar-refractivity contribution in [1.29, 1.82) is 0 Å². The summed E-state index contributed by atoms with van der Waals surface area (Å²) in [5, 5.41) is 3.26. The second-order valence-electron chi connectivity index (χ2n) is 3.39. The molecule has 0 spiro atoms. The Hall–Kier alpha value is -1.84. The maximum Gasteiger partial charge on any atom is 0.126 e. The molecule has 0 saturated heterocycles. The second kappa shape index (κ2) is 4.59. The number of imidazole rings is 1. The Bertz CT molecular complexity index is 408. The van der Waals surface area contributed by atoms with Gasteiger partial charge < -0.3 is 9.88 Å². The van der Waals surface area contributed by atoms with Gasteiger partial charge in [0, 0.05) is 31.2 Å². The van der Waals surface area contributed by atoms with Crippen LogP contribution in [0.1, 0.15) is 5.69 Å². The van der Waals surface area contributed by atoms with Crippen molar-refractivity contribution < 1.29 is 0 Å². The van der Waals surface area contributed by atoms with Gasteiger partial charge in [-0.25, -0.2) is 9.97 Å². The van der Waals surface area contributed by atoms with Crippen LogP contribution < -0.4 is 5.32 Å². The monoisotopic (exact) mass is 202 g/mol. The molecule has 0 aliphatic heterocycles. The summed E-state index contributed by atoms with van der Waals surface area (Å²) in [6.45, 7) is 3.74. The van der Waals surface area contributed by atoms with E-state index in [4.69, 9.17) is 0 Å². The molecular weight excluding hydrogens is 188 g/mol. The van der Waals surface area contributed by atoms with Crippen LogP contribution in [-0.2, 0) is 6.54 Å². The zero-order valence-corrected chi connectivity index (χ0v) is 8.72. The minimum absolute atomic E-state index is 0.854. The van der Waals surface area contributed by atoms with Gasteiger partial charge in [-0.1, -0.05) is 6.07 Å². The molecular formula is C11H14N4. The number of aromatic nitrogens is 3. The Morgan fingerprint density at radius 2 is 2.33 bits per heavy atom. The zero-order valence-electron chi connectivity index (χ0n) is 8.72. The predicted octanol–water partition coefficient (Wildman–Crippen LogP) is 1.70. The van der Waals surface area contributed by atoms with Gasteiger partial charge in [-0.2, -0.15) is 0 Å². The number of aryl methyl sites for hydroxylation is 1. The summed E-state index contributed by atoms with van der Waals surface area (Å²) in [4.78, 5) is 8.34. The van der Waals surface area contributed by atoms with Gasteiger partial charge in [-0.05, 0) is 19.1 Å². The van der Waals surface area contributed by atoms with Crippen molar-refractivity contribution in [2.75, 3.05) is 11.9 Å². The smallest absolute Gasteiger partial charge is 0.126 e. The largest absolute Gasteiger partial charge is 0.368 e. The highest BCUT2D eigenvalue weighted by Gasteiger charge is 1.93. The number of rotatable bonds is 4. The van der Waals surface area contributed by atoms with Crippen molar-refractivity contribution in [3.05, 3.63) is 42.6 Å². The Labute approximate surface area is 89.0 Å². The molecule has 4 nitrogen and oxygen atoms in total. The van der Waals surface area contributed by atoms with Crippen LogP contribution in [0.3, 0.4) is 0 Å². The van der Waals surface area contributed by atoms with E-state index in [0.29, 0.717) is 0 Å². The van der Waals surface area contributed by atoms with E-state index >= 15 is 0 Å². The topological polar surface area (TPSA) is 42.7 Å². The Kier molecular flexibility index (Phi) is 2.97. The van der Waals surface area contributed by atoms with Gasteiger partial charge in [0.1, 0.15) is 5.82 Å². The van der Waals surface area contributed by atoms with Gasteiger partial charge in [0.25, 0.3) is 0 Å². The van der Waals surface area contributed by atoms with Crippen LogP contribution in [0.5, 0.6) is 0 Å². The summed E-state index contributed by atoms with van der Waals surface area (Å²) in [6.07, 6.45) is 5.54. The Balaban J connectivity index is 1.83. The molecule has 1 N–H and O–H groups in total. The molecule has 0 amide bonds. The van der Waals surface area contributed by atoms with Crippen LogP contribution >= 0.6 is 0 Å². The van der Waals surface area contributed by atoms with E-state index in [0.717, 1.165) is 24.6 Å². The van der Waals surface area contributed by atoms with E-state index in [1.807, 2.05) is 42.2 Å². The van der Waals surface area contributed by atoms with Gasteiger partial charge in [-0.15, -0.1) is 0 Å². The molecule has 2 heterocycles. The second-order valence-corrected chi connectivity index (χ2v) is 3.39. The van der Waals surface area contributed by atoms with Crippen LogP contribution in [0, 0.1) is 6.92 Å². The fraction of sp³-hybridized carbons (Fsp3) is 0.273. The lowest BCUT2D eigenvalue weighted by Gasteiger charge is -2.06. The molecule has 4 heteroatoms. The van der Waals surface area contributed by atoms with Crippen molar-refractivity contribution in [3.63, 3.8) is 0 Å². The van der Waals surface area contributed by atoms with Crippen molar-refractivity contribution in [2.45, 2.75) is 13.5 Å². The van der Waals surface area contributed by atoms with Gasteiger partial charge in [0.15, 0.2) is 0 Å². The number of anilines is 1. The first-order valence-electron chi connectivity index (χ1n) is 4.98. The quantitative estimate of drug-likeness (QED) is 0.820. The molecule has 0 aliphatic carbocycles. The van der Waals surface area contributed by atoms with Gasteiger partial charge in [0.2, 0.25) is 0 Å².